The van der Waals surface area contributed by atoms with E-state index in [-0.39, 0.29) is 11.9 Å². The van der Waals surface area contributed by atoms with Crippen molar-refractivity contribution < 1.29 is 28.5 Å². The normalized spacial score (nSPS) is 26.7. The number of nitrogens with zero attached hydrogens (tertiary/aromatic N) is 2. The molecule has 6 rings (SSSR count). The summed E-state index contributed by atoms with van der Waals surface area (Å²) < 4.78 is 30.8. The molecule has 1 amide bonds. The van der Waals surface area contributed by atoms with Gasteiger partial charge >= 0.3 is 0 Å². The van der Waals surface area contributed by atoms with Crippen LogP contribution in [0, 0.1) is 0 Å². The lowest BCUT2D eigenvalue weighted by Crippen LogP contribution is -2.49. The Hall–Kier alpha value is -3.27. The zero-order valence-corrected chi connectivity index (χ0v) is 24.6. The summed E-state index contributed by atoms with van der Waals surface area (Å²) in [5.41, 5.74) is 2.92. The molecular formula is C34H40N2O6. The molecule has 0 N–H and O–H groups in total. The standard InChI is InChI=1S/C34H40N2O6/c1-34(2)41-31-30(39-23-25-13-10-16-28(19-25)38-3)29(40-33(31)42-34)22-36(32(37)26-14-8-5-9-15-26)27-17-18-35(21-27)20-24-11-6-4-7-12-24/h4-16,19,27,29-31,33H,17-18,20-23H2,1-3H3. The van der Waals surface area contributed by atoms with Gasteiger partial charge in [0.1, 0.15) is 24.1 Å². The van der Waals surface area contributed by atoms with Crippen molar-refractivity contribution >= 4 is 5.91 Å². The predicted molar refractivity (Wildman–Crippen MR) is 158 cm³/mol. The van der Waals surface area contributed by atoms with Crippen LogP contribution in [-0.2, 0) is 32.1 Å². The fourth-order valence-corrected chi connectivity index (χ4v) is 6.24. The first kappa shape index (κ1) is 28.8. The van der Waals surface area contributed by atoms with E-state index >= 15 is 0 Å². The summed E-state index contributed by atoms with van der Waals surface area (Å²) in [5.74, 6) is -0.00638. The molecule has 3 fully saturated rings. The third-order valence-corrected chi connectivity index (χ3v) is 8.26. The van der Waals surface area contributed by atoms with Crippen LogP contribution >= 0.6 is 0 Å². The molecule has 8 nitrogen and oxygen atoms in total. The molecule has 3 aromatic carbocycles. The fraction of sp³-hybridized carbons (Fsp3) is 0.441. The lowest BCUT2D eigenvalue weighted by atomic mass is 10.1. The van der Waals surface area contributed by atoms with Gasteiger partial charge in [0.2, 0.25) is 0 Å². The maximum atomic E-state index is 14.0. The van der Waals surface area contributed by atoms with E-state index in [1.165, 1.54) is 5.56 Å². The number of rotatable bonds is 10. The summed E-state index contributed by atoms with van der Waals surface area (Å²) >= 11 is 0. The number of carbonyl (C=O) groups excluding carboxylic acids is 1. The largest absolute Gasteiger partial charge is 0.497 e. The number of hydrogen-bond acceptors (Lipinski definition) is 7. The van der Waals surface area contributed by atoms with Crippen molar-refractivity contribution in [2.24, 2.45) is 0 Å². The summed E-state index contributed by atoms with van der Waals surface area (Å²) in [4.78, 5) is 18.4. The van der Waals surface area contributed by atoms with E-state index in [0.29, 0.717) is 18.7 Å². The smallest absolute Gasteiger partial charge is 0.254 e. The first-order valence-electron chi connectivity index (χ1n) is 14.8. The van der Waals surface area contributed by atoms with Gasteiger partial charge in [0.25, 0.3) is 5.91 Å². The Kier molecular flexibility index (Phi) is 8.60. The molecule has 3 aromatic rings. The van der Waals surface area contributed by atoms with Crippen molar-refractivity contribution in [3.8, 4) is 5.75 Å². The van der Waals surface area contributed by atoms with Crippen molar-refractivity contribution in [1.29, 1.82) is 0 Å². The van der Waals surface area contributed by atoms with Crippen LogP contribution in [0.4, 0.5) is 0 Å². The van der Waals surface area contributed by atoms with Crippen LogP contribution in [0.15, 0.2) is 84.9 Å². The average molecular weight is 573 g/mol. The van der Waals surface area contributed by atoms with Crippen LogP contribution in [0.1, 0.15) is 41.8 Å². The molecule has 0 aliphatic carbocycles. The van der Waals surface area contributed by atoms with Gasteiger partial charge in [-0.2, -0.15) is 0 Å². The molecule has 0 aromatic heterocycles. The highest BCUT2D eigenvalue weighted by Crippen LogP contribution is 2.40. The number of amides is 1. The lowest BCUT2D eigenvalue weighted by Gasteiger charge is -2.34. The first-order valence-corrected chi connectivity index (χ1v) is 14.8. The molecule has 3 aliphatic heterocycles. The highest BCUT2D eigenvalue weighted by Gasteiger charge is 2.56. The molecule has 222 valence electrons. The van der Waals surface area contributed by atoms with E-state index in [0.717, 1.165) is 37.4 Å². The summed E-state index contributed by atoms with van der Waals surface area (Å²) in [6.07, 6.45) is -0.914. The minimum atomic E-state index is -0.777. The van der Waals surface area contributed by atoms with Crippen LogP contribution in [0.25, 0.3) is 0 Å². The summed E-state index contributed by atoms with van der Waals surface area (Å²) in [7, 11) is 1.65. The Balaban J connectivity index is 1.22. The van der Waals surface area contributed by atoms with Crippen molar-refractivity contribution in [1.82, 2.24) is 9.80 Å². The molecule has 3 heterocycles. The van der Waals surface area contributed by atoms with Crippen molar-refractivity contribution in [3.05, 3.63) is 102 Å². The van der Waals surface area contributed by atoms with Gasteiger partial charge in [0, 0.05) is 31.2 Å². The summed E-state index contributed by atoms with van der Waals surface area (Å²) in [6.45, 7) is 7.07. The molecule has 8 heteroatoms. The summed E-state index contributed by atoms with van der Waals surface area (Å²) in [5, 5.41) is 0. The minimum Gasteiger partial charge on any atom is -0.497 e. The number of methoxy groups -OCH3 is 1. The molecule has 3 aliphatic rings. The van der Waals surface area contributed by atoms with Crippen molar-refractivity contribution in [3.63, 3.8) is 0 Å². The van der Waals surface area contributed by atoms with E-state index in [4.69, 9.17) is 23.7 Å². The van der Waals surface area contributed by atoms with E-state index in [9.17, 15) is 4.79 Å². The van der Waals surface area contributed by atoms with E-state index in [1.807, 2.05) is 79.4 Å². The lowest BCUT2D eigenvalue weighted by molar-refractivity contribution is -0.220. The minimum absolute atomic E-state index is 0.00321. The molecule has 0 bridgehead atoms. The molecule has 5 atom stereocenters. The Morgan fingerprint density at radius 2 is 1.71 bits per heavy atom. The van der Waals surface area contributed by atoms with Crippen molar-refractivity contribution in [2.75, 3.05) is 26.7 Å². The molecule has 0 saturated carbocycles. The van der Waals surface area contributed by atoms with Gasteiger partial charge in [-0.3, -0.25) is 9.69 Å². The number of benzene rings is 3. The van der Waals surface area contributed by atoms with Crippen molar-refractivity contribution in [2.45, 2.75) is 69.9 Å². The molecular weight excluding hydrogens is 532 g/mol. The number of ether oxygens (including phenoxy) is 5. The maximum absolute atomic E-state index is 14.0. The first-order chi connectivity index (χ1) is 20.4. The average Bonchev–Trinajstić information content (AvgIpc) is 3.67. The van der Waals surface area contributed by atoms with Gasteiger partial charge in [-0.05, 0) is 55.7 Å². The Labute approximate surface area is 248 Å². The highest BCUT2D eigenvalue weighted by atomic mass is 16.8. The molecule has 0 spiro atoms. The number of likely N-dealkylation sites (tertiary alicyclic amines) is 1. The zero-order valence-electron chi connectivity index (χ0n) is 24.6. The second-order valence-corrected chi connectivity index (χ2v) is 11.8. The second-order valence-electron chi connectivity index (χ2n) is 11.8. The number of fused-ring (bicyclic) bond motifs is 1. The SMILES string of the molecule is COc1cccc(COC2C(CN(C(=O)c3ccccc3)C3CCN(Cc4ccccc4)C3)OC3OC(C)(C)OC32)c1. The molecule has 0 radical (unpaired) electrons. The van der Waals surface area contributed by atoms with Gasteiger partial charge in [0.05, 0.1) is 20.3 Å². The van der Waals surface area contributed by atoms with Gasteiger partial charge in [-0.25, -0.2) is 0 Å². The second kappa shape index (κ2) is 12.5. The quantitative estimate of drug-likeness (QED) is 0.343. The van der Waals surface area contributed by atoms with Crippen LogP contribution in [0.5, 0.6) is 5.75 Å². The topological polar surface area (TPSA) is 69.7 Å². The fourth-order valence-electron chi connectivity index (χ4n) is 6.24. The monoisotopic (exact) mass is 572 g/mol. The van der Waals surface area contributed by atoms with E-state index in [2.05, 4.69) is 29.2 Å². The number of hydrogen-bond donors (Lipinski definition) is 0. The Bertz CT molecular complexity index is 1340. The molecule has 3 saturated heterocycles. The molecule has 5 unspecified atom stereocenters. The molecule has 42 heavy (non-hydrogen) atoms. The van der Waals surface area contributed by atoms with Gasteiger partial charge in [-0.1, -0.05) is 60.7 Å². The van der Waals surface area contributed by atoms with Gasteiger partial charge in [-0.15, -0.1) is 0 Å². The third kappa shape index (κ3) is 6.53. The van der Waals surface area contributed by atoms with Gasteiger partial charge < -0.3 is 28.6 Å². The van der Waals surface area contributed by atoms with Crippen LogP contribution < -0.4 is 4.74 Å². The highest BCUT2D eigenvalue weighted by molar-refractivity contribution is 5.94. The summed E-state index contributed by atoms with van der Waals surface area (Å²) in [6, 6.07) is 27.8. The maximum Gasteiger partial charge on any atom is 0.254 e. The third-order valence-electron chi connectivity index (χ3n) is 8.26. The Morgan fingerprint density at radius 1 is 0.976 bits per heavy atom. The number of carbonyl (C=O) groups is 1. The van der Waals surface area contributed by atoms with Gasteiger partial charge in [0.15, 0.2) is 12.1 Å². The Morgan fingerprint density at radius 3 is 2.48 bits per heavy atom. The zero-order chi connectivity index (χ0) is 29.1. The predicted octanol–water partition coefficient (Wildman–Crippen LogP) is 4.87. The van der Waals surface area contributed by atoms with Crippen LogP contribution in [-0.4, -0.2) is 78.9 Å². The van der Waals surface area contributed by atoms with Crippen LogP contribution in [0.3, 0.4) is 0 Å². The van der Waals surface area contributed by atoms with E-state index in [1.54, 1.807) is 7.11 Å². The van der Waals surface area contributed by atoms with Crippen LogP contribution in [0.2, 0.25) is 0 Å². The van der Waals surface area contributed by atoms with E-state index < -0.39 is 30.4 Å².